The summed E-state index contributed by atoms with van der Waals surface area (Å²) in [6.45, 7) is 0.244. The van der Waals surface area contributed by atoms with Crippen molar-refractivity contribution in [3.8, 4) is 0 Å². The van der Waals surface area contributed by atoms with Gasteiger partial charge in [-0.15, -0.1) is 11.6 Å². The molecule has 2 heteroatoms. The van der Waals surface area contributed by atoms with Gasteiger partial charge < -0.3 is 5.11 Å². The van der Waals surface area contributed by atoms with Crippen LogP contribution in [0.15, 0.2) is 42.5 Å². The van der Waals surface area contributed by atoms with E-state index in [4.69, 9.17) is 11.6 Å². The summed E-state index contributed by atoms with van der Waals surface area (Å²) in [7, 11) is 0. The van der Waals surface area contributed by atoms with Gasteiger partial charge in [0.05, 0.1) is 0 Å². The molecule has 1 nitrogen and oxygen atoms in total. The van der Waals surface area contributed by atoms with Crippen LogP contribution in [0.25, 0.3) is 0 Å². The molecule has 0 amide bonds. The molecule has 0 saturated heterocycles. The first-order valence-corrected chi connectivity index (χ1v) is 7.22. The SMILES string of the molecule is OCC1(CCCCl)CC=CCC1c1ccccc1. The maximum absolute atomic E-state index is 9.92. The van der Waals surface area contributed by atoms with Gasteiger partial charge in [0.15, 0.2) is 0 Å². The normalized spacial score (nSPS) is 27.3. The summed E-state index contributed by atoms with van der Waals surface area (Å²) < 4.78 is 0. The Hall–Kier alpha value is -0.790. The van der Waals surface area contributed by atoms with Crippen molar-refractivity contribution < 1.29 is 5.11 Å². The third-order valence-electron chi connectivity index (χ3n) is 4.13. The standard InChI is InChI=1S/C16H21ClO/c17-12-6-11-16(13-18)10-5-4-9-15(16)14-7-2-1-3-8-14/h1-5,7-8,15,18H,6,9-13H2. The lowest BCUT2D eigenvalue weighted by atomic mass is 9.64. The second kappa shape index (κ2) is 6.40. The largest absolute Gasteiger partial charge is 0.396 e. The Balaban J connectivity index is 2.27. The van der Waals surface area contributed by atoms with E-state index in [1.807, 2.05) is 6.07 Å². The Bertz CT molecular complexity index is 387. The van der Waals surface area contributed by atoms with Gasteiger partial charge in [0.1, 0.15) is 0 Å². The van der Waals surface area contributed by atoms with Crippen molar-refractivity contribution in [2.75, 3.05) is 12.5 Å². The van der Waals surface area contributed by atoms with Crippen LogP contribution in [0.4, 0.5) is 0 Å². The fourth-order valence-electron chi connectivity index (χ4n) is 3.07. The molecule has 1 aliphatic carbocycles. The average Bonchev–Trinajstić information content (AvgIpc) is 2.46. The number of alkyl halides is 1. The van der Waals surface area contributed by atoms with Gasteiger partial charge in [-0.1, -0.05) is 42.5 Å². The lowest BCUT2D eigenvalue weighted by molar-refractivity contribution is 0.0818. The predicted molar refractivity (Wildman–Crippen MR) is 77.0 cm³/mol. The third-order valence-corrected chi connectivity index (χ3v) is 4.39. The Morgan fingerprint density at radius 2 is 2.00 bits per heavy atom. The number of rotatable bonds is 5. The molecule has 0 aliphatic heterocycles. The van der Waals surface area contributed by atoms with Crippen LogP contribution in [0.1, 0.15) is 37.2 Å². The van der Waals surface area contributed by atoms with Crippen molar-refractivity contribution in [1.29, 1.82) is 0 Å². The van der Waals surface area contributed by atoms with Crippen molar-refractivity contribution in [2.45, 2.75) is 31.6 Å². The van der Waals surface area contributed by atoms with E-state index >= 15 is 0 Å². The van der Waals surface area contributed by atoms with Gasteiger partial charge in [-0.05, 0) is 37.2 Å². The van der Waals surface area contributed by atoms with E-state index < -0.39 is 0 Å². The predicted octanol–water partition coefficient (Wildman–Crippen LogP) is 4.12. The molecule has 98 valence electrons. The van der Waals surface area contributed by atoms with E-state index in [1.54, 1.807) is 0 Å². The number of aliphatic hydroxyl groups excluding tert-OH is 1. The second-order valence-electron chi connectivity index (χ2n) is 5.19. The van der Waals surface area contributed by atoms with Crippen LogP contribution in [0.2, 0.25) is 0 Å². The van der Waals surface area contributed by atoms with Crippen LogP contribution in [0.5, 0.6) is 0 Å². The first kappa shape index (κ1) is 13.6. The fourth-order valence-corrected chi connectivity index (χ4v) is 3.20. The van der Waals surface area contributed by atoms with E-state index in [1.165, 1.54) is 5.56 Å². The van der Waals surface area contributed by atoms with Crippen molar-refractivity contribution in [1.82, 2.24) is 0 Å². The smallest absolute Gasteiger partial charge is 0.0496 e. The van der Waals surface area contributed by atoms with Crippen LogP contribution in [-0.4, -0.2) is 17.6 Å². The molecule has 0 radical (unpaired) electrons. The number of allylic oxidation sites excluding steroid dienone is 2. The summed E-state index contributed by atoms with van der Waals surface area (Å²) in [4.78, 5) is 0. The zero-order valence-corrected chi connectivity index (χ0v) is 11.4. The molecule has 2 rings (SSSR count). The van der Waals surface area contributed by atoms with E-state index in [9.17, 15) is 5.11 Å². The zero-order valence-electron chi connectivity index (χ0n) is 10.7. The molecule has 0 saturated carbocycles. The summed E-state index contributed by atoms with van der Waals surface area (Å²) in [5, 5.41) is 9.92. The van der Waals surface area contributed by atoms with Crippen LogP contribution in [0, 0.1) is 5.41 Å². The van der Waals surface area contributed by atoms with E-state index in [0.29, 0.717) is 11.8 Å². The van der Waals surface area contributed by atoms with Gasteiger partial charge >= 0.3 is 0 Å². The quantitative estimate of drug-likeness (QED) is 0.627. The molecule has 2 atom stereocenters. The summed E-state index contributed by atoms with van der Waals surface area (Å²) in [5.74, 6) is 1.09. The number of hydrogen-bond acceptors (Lipinski definition) is 1. The lowest BCUT2D eigenvalue weighted by Gasteiger charge is -2.41. The highest BCUT2D eigenvalue weighted by molar-refractivity contribution is 6.17. The number of benzene rings is 1. The average molecular weight is 265 g/mol. The number of halogens is 1. The molecule has 0 fully saturated rings. The third kappa shape index (κ3) is 2.78. The highest BCUT2D eigenvalue weighted by Crippen LogP contribution is 2.47. The summed E-state index contributed by atoms with van der Waals surface area (Å²) >= 11 is 5.83. The minimum absolute atomic E-state index is 0.0228. The van der Waals surface area contributed by atoms with E-state index in [0.717, 1.165) is 25.7 Å². The fraction of sp³-hybridized carbons (Fsp3) is 0.500. The first-order valence-electron chi connectivity index (χ1n) is 6.69. The van der Waals surface area contributed by atoms with Crippen molar-refractivity contribution in [2.24, 2.45) is 5.41 Å². The molecule has 1 aromatic rings. The molecular weight excluding hydrogens is 244 g/mol. The molecule has 1 aromatic carbocycles. The molecule has 2 unspecified atom stereocenters. The van der Waals surface area contributed by atoms with Crippen LogP contribution < -0.4 is 0 Å². The maximum Gasteiger partial charge on any atom is 0.0496 e. The van der Waals surface area contributed by atoms with Gasteiger partial charge in [0.25, 0.3) is 0 Å². The van der Waals surface area contributed by atoms with Crippen LogP contribution >= 0.6 is 11.6 Å². The maximum atomic E-state index is 9.92. The number of hydrogen-bond donors (Lipinski definition) is 1. The van der Waals surface area contributed by atoms with Gasteiger partial charge in [-0.3, -0.25) is 0 Å². The molecule has 18 heavy (non-hydrogen) atoms. The van der Waals surface area contributed by atoms with E-state index in [-0.39, 0.29) is 12.0 Å². The summed E-state index contributed by atoms with van der Waals surface area (Å²) in [5.41, 5.74) is 1.32. The van der Waals surface area contributed by atoms with Gasteiger partial charge in [0, 0.05) is 17.9 Å². The Morgan fingerprint density at radius 1 is 1.22 bits per heavy atom. The Kier molecular flexibility index (Phi) is 4.85. The highest BCUT2D eigenvalue weighted by atomic mass is 35.5. The van der Waals surface area contributed by atoms with Crippen LogP contribution in [0.3, 0.4) is 0 Å². The van der Waals surface area contributed by atoms with Crippen LogP contribution in [-0.2, 0) is 0 Å². The molecule has 0 aromatic heterocycles. The van der Waals surface area contributed by atoms with Gasteiger partial charge in [-0.25, -0.2) is 0 Å². The topological polar surface area (TPSA) is 20.2 Å². The summed E-state index contributed by atoms with van der Waals surface area (Å²) in [6, 6.07) is 10.6. The lowest BCUT2D eigenvalue weighted by Crippen LogP contribution is -2.34. The second-order valence-corrected chi connectivity index (χ2v) is 5.57. The minimum Gasteiger partial charge on any atom is -0.396 e. The highest BCUT2D eigenvalue weighted by Gasteiger charge is 2.38. The monoisotopic (exact) mass is 264 g/mol. The molecule has 0 heterocycles. The molecule has 0 bridgehead atoms. The van der Waals surface area contributed by atoms with Crippen molar-refractivity contribution in [3.63, 3.8) is 0 Å². The minimum atomic E-state index is -0.0228. The first-order chi connectivity index (χ1) is 8.82. The summed E-state index contributed by atoms with van der Waals surface area (Å²) in [6.07, 6.45) is 8.40. The van der Waals surface area contributed by atoms with E-state index in [2.05, 4.69) is 36.4 Å². The molecule has 1 N–H and O–H groups in total. The zero-order chi connectivity index (χ0) is 12.8. The number of aliphatic hydroxyl groups is 1. The van der Waals surface area contributed by atoms with Crippen molar-refractivity contribution >= 4 is 11.6 Å². The van der Waals surface area contributed by atoms with Gasteiger partial charge in [-0.2, -0.15) is 0 Å². The van der Waals surface area contributed by atoms with Gasteiger partial charge in [0.2, 0.25) is 0 Å². The Labute approximate surface area is 114 Å². The Morgan fingerprint density at radius 3 is 2.67 bits per heavy atom. The molecule has 1 aliphatic rings. The molecule has 0 spiro atoms. The van der Waals surface area contributed by atoms with Crippen molar-refractivity contribution in [3.05, 3.63) is 48.0 Å². The molecular formula is C16H21ClO.